The van der Waals surface area contributed by atoms with E-state index >= 15 is 0 Å². The van der Waals surface area contributed by atoms with Crippen molar-refractivity contribution < 1.29 is 27.9 Å². The molecule has 4 nitrogen and oxygen atoms in total. The number of alkyl halides is 3. The first-order valence-corrected chi connectivity index (χ1v) is 6.10. The van der Waals surface area contributed by atoms with Gasteiger partial charge in [-0.05, 0) is 36.4 Å². The number of carbonyl (C=O) groups is 2. The summed E-state index contributed by atoms with van der Waals surface area (Å²) in [6.45, 7) is 0. The zero-order valence-corrected chi connectivity index (χ0v) is 11.0. The molecule has 0 heterocycles. The molecule has 22 heavy (non-hydrogen) atoms. The number of rotatable bonds is 3. The molecule has 0 radical (unpaired) electrons. The Morgan fingerprint density at radius 1 is 0.955 bits per heavy atom. The molecular formula is C15H10F3NO3. The molecule has 0 bridgehead atoms. The van der Waals surface area contributed by atoms with Crippen LogP contribution in [0.2, 0.25) is 0 Å². The van der Waals surface area contributed by atoms with Crippen LogP contribution in [0.15, 0.2) is 48.5 Å². The molecule has 0 saturated heterocycles. The van der Waals surface area contributed by atoms with Crippen molar-refractivity contribution in [3.05, 3.63) is 65.2 Å². The number of carbonyl (C=O) groups excluding carboxylic acids is 1. The van der Waals surface area contributed by atoms with Crippen LogP contribution < -0.4 is 5.32 Å². The van der Waals surface area contributed by atoms with Crippen LogP contribution in [-0.2, 0) is 6.18 Å². The third kappa shape index (κ3) is 3.43. The predicted octanol–water partition coefficient (Wildman–Crippen LogP) is 3.66. The van der Waals surface area contributed by atoms with E-state index in [4.69, 9.17) is 5.11 Å². The average Bonchev–Trinajstić information content (AvgIpc) is 2.47. The Kier molecular flexibility index (Phi) is 4.16. The lowest BCUT2D eigenvalue weighted by Crippen LogP contribution is -2.18. The largest absolute Gasteiger partial charge is 0.478 e. The molecule has 0 aromatic heterocycles. The van der Waals surface area contributed by atoms with Gasteiger partial charge >= 0.3 is 12.1 Å². The first kappa shape index (κ1) is 15.6. The minimum Gasteiger partial charge on any atom is -0.478 e. The summed E-state index contributed by atoms with van der Waals surface area (Å²) < 4.78 is 38.5. The van der Waals surface area contributed by atoms with Gasteiger partial charge in [-0.15, -0.1) is 0 Å². The summed E-state index contributed by atoms with van der Waals surface area (Å²) in [6, 6.07) is 9.52. The Labute approximate surface area is 123 Å². The fraction of sp³-hybridized carbons (Fsp3) is 0.0667. The highest BCUT2D eigenvalue weighted by molar-refractivity contribution is 6.05. The van der Waals surface area contributed by atoms with Crippen molar-refractivity contribution >= 4 is 17.6 Å². The minimum atomic E-state index is -4.64. The number of carboxylic acid groups (broad SMARTS) is 1. The zero-order chi connectivity index (χ0) is 16.3. The zero-order valence-electron chi connectivity index (χ0n) is 11.0. The summed E-state index contributed by atoms with van der Waals surface area (Å²) in [5.74, 6) is -2.06. The first-order valence-electron chi connectivity index (χ1n) is 6.10. The van der Waals surface area contributed by atoms with Gasteiger partial charge in [-0.2, -0.15) is 13.2 Å². The van der Waals surface area contributed by atoms with E-state index in [1.54, 1.807) is 0 Å². The molecule has 7 heteroatoms. The lowest BCUT2D eigenvalue weighted by Gasteiger charge is -2.12. The van der Waals surface area contributed by atoms with Crippen LogP contribution in [0, 0.1) is 0 Å². The second-order valence-electron chi connectivity index (χ2n) is 4.38. The van der Waals surface area contributed by atoms with E-state index in [0.29, 0.717) is 0 Å². The Hall–Kier alpha value is -2.83. The molecule has 0 aliphatic heterocycles. The highest BCUT2D eigenvalue weighted by Gasteiger charge is 2.34. The first-order chi connectivity index (χ1) is 10.3. The molecule has 2 N–H and O–H groups in total. The molecule has 0 atom stereocenters. The molecule has 114 valence electrons. The van der Waals surface area contributed by atoms with Gasteiger partial charge in [-0.25, -0.2) is 4.79 Å². The van der Waals surface area contributed by atoms with Crippen molar-refractivity contribution in [3.63, 3.8) is 0 Å². The summed E-state index contributed by atoms with van der Waals surface area (Å²) in [5.41, 5.74) is -1.33. The fourth-order valence-corrected chi connectivity index (χ4v) is 1.82. The van der Waals surface area contributed by atoms with Crippen molar-refractivity contribution in [2.45, 2.75) is 6.18 Å². The van der Waals surface area contributed by atoms with Gasteiger partial charge < -0.3 is 10.4 Å². The van der Waals surface area contributed by atoms with Crippen LogP contribution in [0.5, 0.6) is 0 Å². The van der Waals surface area contributed by atoms with Gasteiger partial charge in [0.05, 0.1) is 16.7 Å². The lowest BCUT2D eigenvalue weighted by atomic mass is 10.1. The van der Waals surface area contributed by atoms with Gasteiger partial charge in [-0.1, -0.05) is 12.1 Å². The van der Waals surface area contributed by atoms with Crippen LogP contribution >= 0.6 is 0 Å². The van der Waals surface area contributed by atoms with Gasteiger partial charge in [-0.3, -0.25) is 4.79 Å². The summed E-state index contributed by atoms with van der Waals surface area (Å²) in [6.07, 6.45) is -4.64. The third-order valence-corrected chi connectivity index (χ3v) is 2.87. The number of benzene rings is 2. The molecule has 0 aliphatic rings. The predicted molar refractivity (Wildman–Crippen MR) is 72.8 cm³/mol. The molecule has 0 unspecified atom stereocenters. The molecule has 0 aliphatic carbocycles. The number of hydrogen-bond donors (Lipinski definition) is 2. The number of anilines is 1. The molecule has 2 rings (SSSR count). The maximum Gasteiger partial charge on any atom is 0.417 e. The second-order valence-corrected chi connectivity index (χ2v) is 4.38. The molecule has 0 spiro atoms. The van der Waals surface area contributed by atoms with Crippen LogP contribution in [0.25, 0.3) is 0 Å². The number of nitrogens with one attached hydrogen (secondary N) is 1. The smallest absolute Gasteiger partial charge is 0.417 e. The minimum absolute atomic E-state index is 0.00805. The van der Waals surface area contributed by atoms with Crippen molar-refractivity contribution in [2.24, 2.45) is 0 Å². The highest BCUT2D eigenvalue weighted by Crippen LogP contribution is 2.32. The maximum absolute atomic E-state index is 12.8. The lowest BCUT2D eigenvalue weighted by molar-refractivity contribution is -0.137. The van der Waals surface area contributed by atoms with Crippen molar-refractivity contribution in [1.82, 2.24) is 0 Å². The Bertz CT molecular complexity index is 709. The third-order valence-electron chi connectivity index (χ3n) is 2.87. The number of amides is 1. The Balaban J connectivity index is 2.25. The second kappa shape index (κ2) is 5.88. The van der Waals surface area contributed by atoms with Gasteiger partial charge in [0.1, 0.15) is 0 Å². The maximum atomic E-state index is 12.8. The molecule has 0 saturated carbocycles. The van der Waals surface area contributed by atoms with Gasteiger partial charge in [0, 0.05) is 5.69 Å². The molecule has 1 amide bonds. The van der Waals surface area contributed by atoms with E-state index in [1.807, 2.05) is 0 Å². The monoisotopic (exact) mass is 309 g/mol. The van der Waals surface area contributed by atoms with Crippen molar-refractivity contribution in [1.29, 1.82) is 0 Å². The Morgan fingerprint density at radius 2 is 1.55 bits per heavy atom. The molecule has 2 aromatic carbocycles. The summed E-state index contributed by atoms with van der Waals surface area (Å²) in [4.78, 5) is 22.7. The van der Waals surface area contributed by atoms with Crippen LogP contribution in [0.1, 0.15) is 26.3 Å². The average molecular weight is 309 g/mol. The normalized spacial score (nSPS) is 11.0. The van der Waals surface area contributed by atoms with Crippen LogP contribution in [0.4, 0.5) is 18.9 Å². The number of aromatic carboxylic acids is 1. The van der Waals surface area contributed by atoms with Gasteiger partial charge in [0.2, 0.25) is 0 Å². The van der Waals surface area contributed by atoms with Crippen LogP contribution in [0.3, 0.4) is 0 Å². The van der Waals surface area contributed by atoms with E-state index in [-0.39, 0.29) is 11.3 Å². The fourth-order valence-electron chi connectivity index (χ4n) is 1.82. The number of hydrogen-bond acceptors (Lipinski definition) is 2. The van der Waals surface area contributed by atoms with Crippen molar-refractivity contribution in [3.8, 4) is 0 Å². The Morgan fingerprint density at radius 3 is 2.09 bits per heavy atom. The van der Waals surface area contributed by atoms with E-state index in [9.17, 15) is 22.8 Å². The van der Waals surface area contributed by atoms with Gasteiger partial charge in [0.15, 0.2) is 0 Å². The standard InChI is InChI=1S/C15H10F3NO3/c16-15(17,18)12-4-2-1-3-11(12)13(20)19-10-7-5-9(6-8-10)14(21)22/h1-8H,(H,19,20)(H,21,22). The van der Waals surface area contributed by atoms with E-state index in [2.05, 4.69) is 5.32 Å². The highest BCUT2D eigenvalue weighted by atomic mass is 19.4. The number of halogens is 3. The number of carboxylic acids is 1. The quantitative estimate of drug-likeness (QED) is 0.909. The van der Waals surface area contributed by atoms with E-state index < -0.39 is 29.2 Å². The SMILES string of the molecule is O=C(O)c1ccc(NC(=O)c2ccccc2C(F)(F)F)cc1. The molecule has 2 aromatic rings. The van der Waals surface area contributed by atoms with E-state index in [1.165, 1.54) is 36.4 Å². The summed E-state index contributed by atoms with van der Waals surface area (Å²) in [7, 11) is 0. The van der Waals surface area contributed by atoms with E-state index in [0.717, 1.165) is 12.1 Å². The molecule has 0 fully saturated rings. The topological polar surface area (TPSA) is 66.4 Å². The summed E-state index contributed by atoms with van der Waals surface area (Å²) in [5, 5.41) is 11.1. The van der Waals surface area contributed by atoms with Crippen molar-refractivity contribution in [2.75, 3.05) is 5.32 Å². The summed E-state index contributed by atoms with van der Waals surface area (Å²) >= 11 is 0. The van der Waals surface area contributed by atoms with Gasteiger partial charge in [0.25, 0.3) is 5.91 Å². The van der Waals surface area contributed by atoms with Crippen LogP contribution in [-0.4, -0.2) is 17.0 Å². The molecular weight excluding hydrogens is 299 g/mol.